The van der Waals surface area contributed by atoms with Crippen molar-refractivity contribution in [2.24, 2.45) is 0 Å². The van der Waals surface area contributed by atoms with Crippen LogP contribution in [0.5, 0.6) is 11.5 Å². The van der Waals surface area contributed by atoms with Crippen molar-refractivity contribution in [3.05, 3.63) is 53.1 Å². The Hall–Kier alpha value is -2.82. The maximum atomic E-state index is 11.8. The monoisotopic (exact) mass is 283 g/mol. The van der Waals surface area contributed by atoms with Crippen LogP contribution < -0.4 is 15.1 Å². The van der Waals surface area contributed by atoms with Crippen molar-refractivity contribution in [1.82, 2.24) is 4.98 Å². The molecule has 5 heteroatoms. The summed E-state index contributed by atoms with van der Waals surface area (Å²) in [6.45, 7) is 0. The van der Waals surface area contributed by atoms with Crippen molar-refractivity contribution in [2.75, 3.05) is 14.2 Å². The highest BCUT2D eigenvalue weighted by Gasteiger charge is 2.13. The lowest BCUT2D eigenvalue weighted by Gasteiger charge is -2.10. The van der Waals surface area contributed by atoms with Crippen LogP contribution in [0.15, 0.2) is 51.9 Å². The van der Waals surface area contributed by atoms with E-state index in [4.69, 9.17) is 13.9 Å². The Bertz CT molecular complexity index is 840. The lowest BCUT2D eigenvalue weighted by molar-refractivity contribution is 0.355. The van der Waals surface area contributed by atoms with Gasteiger partial charge in [0.2, 0.25) is 0 Å². The number of ether oxygens (including phenoxy) is 2. The van der Waals surface area contributed by atoms with Crippen LogP contribution in [0.4, 0.5) is 0 Å². The first-order valence-corrected chi connectivity index (χ1v) is 6.33. The quantitative estimate of drug-likeness (QED) is 0.692. The predicted molar refractivity (Wildman–Crippen MR) is 78.8 cm³/mol. The number of hydrogen-bond donors (Lipinski definition) is 0. The van der Waals surface area contributed by atoms with E-state index in [-0.39, 0.29) is 0 Å². The van der Waals surface area contributed by atoms with Crippen molar-refractivity contribution in [3.63, 3.8) is 0 Å². The Morgan fingerprint density at radius 3 is 2.52 bits per heavy atom. The molecule has 0 amide bonds. The Morgan fingerprint density at radius 2 is 1.86 bits per heavy atom. The molecule has 21 heavy (non-hydrogen) atoms. The minimum absolute atomic E-state index is 0.423. The summed E-state index contributed by atoms with van der Waals surface area (Å²) in [7, 11) is 3.10. The standard InChI is InChI=1S/C16H13NO4/c1-19-14-6-12-11(10-4-3-5-17-9-10)7-16(18)21-13(12)8-15(14)20-2/h3-9H,1-2H3. The van der Waals surface area contributed by atoms with E-state index in [1.165, 1.54) is 13.2 Å². The van der Waals surface area contributed by atoms with E-state index in [2.05, 4.69) is 4.98 Å². The van der Waals surface area contributed by atoms with Gasteiger partial charge in [-0.3, -0.25) is 4.98 Å². The molecular formula is C16H13NO4. The first-order valence-electron chi connectivity index (χ1n) is 6.33. The molecular weight excluding hydrogens is 270 g/mol. The predicted octanol–water partition coefficient (Wildman–Crippen LogP) is 2.87. The van der Waals surface area contributed by atoms with Crippen molar-refractivity contribution < 1.29 is 13.9 Å². The minimum Gasteiger partial charge on any atom is -0.493 e. The van der Waals surface area contributed by atoms with Gasteiger partial charge in [0.25, 0.3) is 0 Å². The Balaban J connectivity index is 2.37. The summed E-state index contributed by atoms with van der Waals surface area (Å²) >= 11 is 0. The lowest BCUT2D eigenvalue weighted by Crippen LogP contribution is -1.99. The van der Waals surface area contributed by atoms with Crippen LogP contribution in [0.2, 0.25) is 0 Å². The van der Waals surface area contributed by atoms with Gasteiger partial charge < -0.3 is 13.9 Å². The summed E-state index contributed by atoms with van der Waals surface area (Å²) in [6, 6.07) is 8.59. The van der Waals surface area contributed by atoms with Crippen LogP contribution in [-0.2, 0) is 0 Å². The molecule has 1 aromatic carbocycles. The van der Waals surface area contributed by atoms with Gasteiger partial charge in [0.05, 0.1) is 14.2 Å². The van der Waals surface area contributed by atoms with Gasteiger partial charge in [0, 0.05) is 41.0 Å². The summed E-state index contributed by atoms with van der Waals surface area (Å²) in [6.07, 6.45) is 3.38. The van der Waals surface area contributed by atoms with Crippen LogP contribution >= 0.6 is 0 Å². The average molecular weight is 283 g/mol. The van der Waals surface area contributed by atoms with E-state index in [9.17, 15) is 4.79 Å². The first-order chi connectivity index (χ1) is 10.2. The third-order valence-corrected chi connectivity index (χ3v) is 3.22. The highest BCUT2D eigenvalue weighted by atomic mass is 16.5. The second kappa shape index (κ2) is 5.28. The summed E-state index contributed by atoms with van der Waals surface area (Å²) in [5.74, 6) is 1.08. The number of hydrogen-bond acceptors (Lipinski definition) is 5. The minimum atomic E-state index is -0.423. The number of benzene rings is 1. The van der Waals surface area contributed by atoms with Gasteiger partial charge in [-0.25, -0.2) is 4.79 Å². The largest absolute Gasteiger partial charge is 0.493 e. The molecule has 0 bridgehead atoms. The smallest absolute Gasteiger partial charge is 0.336 e. The highest BCUT2D eigenvalue weighted by molar-refractivity contribution is 5.94. The van der Waals surface area contributed by atoms with Crippen molar-refractivity contribution >= 4 is 11.0 Å². The molecule has 0 aliphatic carbocycles. The molecule has 0 aliphatic rings. The third-order valence-electron chi connectivity index (χ3n) is 3.22. The normalized spacial score (nSPS) is 10.6. The van der Waals surface area contributed by atoms with Gasteiger partial charge >= 0.3 is 5.63 Å². The lowest BCUT2D eigenvalue weighted by atomic mass is 10.0. The Morgan fingerprint density at radius 1 is 1.10 bits per heavy atom. The third kappa shape index (κ3) is 2.33. The molecule has 3 rings (SSSR count). The maximum absolute atomic E-state index is 11.8. The fourth-order valence-electron chi connectivity index (χ4n) is 2.25. The van der Waals surface area contributed by atoms with Gasteiger partial charge in [0.1, 0.15) is 5.58 Å². The molecule has 0 fully saturated rings. The topological polar surface area (TPSA) is 61.6 Å². The molecule has 0 radical (unpaired) electrons. The molecule has 106 valence electrons. The number of methoxy groups -OCH3 is 2. The zero-order valence-corrected chi connectivity index (χ0v) is 11.6. The van der Waals surface area contributed by atoms with E-state index in [1.54, 1.807) is 31.6 Å². The van der Waals surface area contributed by atoms with E-state index in [1.807, 2.05) is 12.1 Å². The molecule has 0 aliphatic heterocycles. The van der Waals surface area contributed by atoms with Crippen LogP contribution in [-0.4, -0.2) is 19.2 Å². The average Bonchev–Trinajstić information content (AvgIpc) is 2.53. The number of aromatic nitrogens is 1. The van der Waals surface area contributed by atoms with Crippen molar-refractivity contribution in [2.45, 2.75) is 0 Å². The molecule has 0 spiro atoms. The van der Waals surface area contributed by atoms with E-state index >= 15 is 0 Å². The van der Waals surface area contributed by atoms with Crippen LogP contribution in [0, 0.1) is 0 Å². The summed E-state index contributed by atoms with van der Waals surface area (Å²) in [4.78, 5) is 15.9. The number of rotatable bonds is 3. The molecule has 2 heterocycles. The molecule has 0 atom stereocenters. The number of nitrogens with zero attached hydrogens (tertiary/aromatic N) is 1. The van der Waals surface area contributed by atoms with Gasteiger partial charge in [-0.2, -0.15) is 0 Å². The Labute approximate surface area is 120 Å². The fourth-order valence-corrected chi connectivity index (χ4v) is 2.25. The van der Waals surface area contributed by atoms with Gasteiger partial charge in [-0.05, 0) is 12.1 Å². The molecule has 0 saturated heterocycles. The highest BCUT2D eigenvalue weighted by Crippen LogP contribution is 2.35. The Kier molecular flexibility index (Phi) is 3.31. The maximum Gasteiger partial charge on any atom is 0.336 e. The first kappa shape index (κ1) is 13.2. The fraction of sp³-hybridized carbons (Fsp3) is 0.125. The van der Waals surface area contributed by atoms with E-state index in [0.717, 1.165) is 16.5 Å². The second-order valence-corrected chi connectivity index (χ2v) is 4.42. The van der Waals surface area contributed by atoms with E-state index < -0.39 is 5.63 Å². The van der Waals surface area contributed by atoms with Crippen molar-refractivity contribution in [3.8, 4) is 22.6 Å². The number of fused-ring (bicyclic) bond motifs is 1. The van der Waals surface area contributed by atoms with E-state index in [0.29, 0.717) is 17.1 Å². The molecule has 0 unspecified atom stereocenters. The van der Waals surface area contributed by atoms with Crippen LogP contribution in [0.25, 0.3) is 22.1 Å². The molecule has 5 nitrogen and oxygen atoms in total. The summed E-state index contributed by atoms with van der Waals surface area (Å²) in [5, 5.41) is 0.764. The van der Waals surface area contributed by atoms with Gasteiger partial charge in [-0.1, -0.05) is 6.07 Å². The number of pyridine rings is 1. The molecule has 0 N–H and O–H groups in total. The summed E-state index contributed by atoms with van der Waals surface area (Å²) in [5.41, 5.74) is 1.60. The van der Waals surface area contributed by atoms with Gasteiger partial charge in [0.15, 0.2) is 11.5 Å². The SMILES string of the molecule is COc1cc2oc(=O)cc(-c3cccnc3)c2cc1OC. The van der Waals surface area contributed by atoms with Crippen LogP contribution in [0.1, 0.15) is 0 Å². The zero-order valence-electron chi connectivity index (χ0n) is 11.6. The summed E-state index contributed by atoms with van der Waals surface area (Å²) < 4.78 is 15.8. The second-order valence-electron chi connectivity index (χ2n) is 4.42. The van der Waals surface area contributed by atoms with Crippen LogP contribution in [0.3, 0.4) is 0 Å². The van der Waals surface area contributed by atoms with Gasteiger partial charge in [-0.15, -0.1) is 0 Å². The molecule has 3 aromatic rings. The van der Waals surface area contributed by atoms with Crippen molar-refractivity contribution in [1.29, 1.82) is 0 Å². The zero-order chi connectivity index (χ0) is 14.8. The molecule has 0 saturated carbocycles. The molecule has 2 aromatic heterocycles.